The molecule has 0 amide bonds. The number of hydrogen-bond acceptors (Lipinski definition) is 5. The number of aromatic nitrogens is 1. The number of nitrogens with zero attached hydrogens (tertiary/aromatic N) is 1. The minimum atomic E-state index is -0.636. The molecular formula is C33H47NO3S. The van der Waals surface area contributed by atoms with Gasteiger partial charge in [0.25, 0.3) is 0 Å². The Hall–Kier alpha value is -1.53. The number of thiazole rings is 1. The number of aryl methyl sites for hydroxylation is 1. The van der Waals surface area contributed by atoms with Gasteiger partial charge in [0.05, 0.1) is 29.4 Å². The summed E-state index contributed by atoms with van der Waals surface area (Å²) in [6, 6.07) is 0. The molecule has 1 heterocycles. The molecule has 38 heavy (non-hydrogen) atoms. The van der Waals surface area contributed by atoms with Gasteiger partial charge in [0.15, 0.2) is 0 Å². The Kier molecular flexibility index (Phi) is 8.22. The van der Waals surface area contributed by atoms with Crippen molar-refractivity contribution in [1.29, 1.82) is 0 Å². The van der Waals surface area contributed by atoms with E-state index in [1.165, 1.54) is 37.0 Å². The molecule has 4 saturated carbocycles. The van der Waals surface area contributed by atoms with Gasteiger partial charge in [-0.25, -0.2) is 4.98 Å². The molecule has 0 spiro atoms. The third-order valence-corrected chi connectivity index (χ3v) is 11.5. The SMILES string of the molecule is C=C1C(=CC=C2CCC[C@]3(C)[C@@H]([C@H](C)C=C[C@@H](O)C4(c5nc(CCC)cs5)CC4)CC[C@@H]23)C[C@@H](O)C[C@@H]1O. The highest BCUT2D eigenvalue weighted by Crippen LogP contribution is 2.60. The lowest BCUT2D eigenvalue weighted by Crippen LogP contribution is -2.35. The summed E-state index contributed by atoms with van der Waals surface area (Å²) >= 11 is 1.73. The van der Waals surface area contributed by atoms with Crippen LogP contribution in [0.4, 0.5) is 0 Å². The van der Waals surface area contributed by atoms with Crippen LogP contribution in [0.1, 0.15) is 95.7 Å². The number of allylic oxidation sites excluding steroid dienone is 4. The first kappa shape index (κ1) is 28.0. The first-order valence-electron chi connectivity index (χ1n) is 14.9. The summed E-state index contributed by atoms with van der Waals surface area (Å²) in [6.45, 7) is 11.1. The second-order valence-corrected chi connectivity index (χ2v) is 13.8. The molecular weight excluding hydrogens is 490 g/mol. The maximum Gasteiger partial charge on any atom is 0.102 e. The Bertz CT molecular complexity index is 1110. The third-order valence-electron chi connectivity index (χ3n) is 10.4. The van der Waals surface area contributed by atoms with E-state index in [9.17, 15) is 15.3 Å². The van der Waals surface area contributed by atoms with E-state index < -0.39 is 18.3 Å². The topological polar surface area (TPSA) is 73.6 Å². The summed E-state index contributed by atoms with van der Waals surface area (Å²) in [7, 11) is 0. The van der Waals surface area contributed by atoms with Crippen LogP contribution in [-0.4, -0.2) is 38.6 Å². The fourth-order valence-corrected chi connectivity index (χ4v) is 9.03. The van der Waals surface area contributed by atoms with E-state index in [1.54, 1.807) is 11.3 Å². The van der Waals surface area contributed by atoms with Crippen molar-refractivity contribution in [2.24, 2.45) is 23.2 Å². The van der Waals surface area contributed by atoms with Gasteiger partial charge in [0.1, 0.15) is 5.01 Å². The van der Waals surface area contributed by atoms with Gasteiger partial charge in [-0.2, -0.15) is 0 Å². The van der Waals surface area contributed by atoms with Gasteiger partial charge in [-0.1, -0.05) is 63.6 Å². The summed E-state index contributed by atoms with van der Waals surface area (Å²) in [4.78, 5) is 4.88. The lowest BCUT2D eigenvalue weighted by Gasteiger charge is -2.44. The first-order valence-corrected chi connectivity index (χ1v) is 15.8. The zero-order valence-electron chi connectivity index (χ0n) is 23.5. The summed E-state index contributed by atoms with van der Waals surface area (Å²) < 4.78 is 0. The van der Waals surface area contributed by atoms with E-state index in [2.05, 4.69) is 57.0 Å². The standard InChI is InChI=1S/C33H47NO3S/c1-5-7-25-20-38-31(34-25)33(16-17-33)30(37)14-9-21(2)27-12-13-28-23(8-6-15-32(27,28)4)10-11-24-18-26(35)19-29(36)22(24)3/h9-11,14,20-21,26-30,35-37H,3,5-8,12-13,15-19H2,1-2,4H3/t21-,26-,27-,28+,29+,30-,32-/m1/s1. The summed E-state index contributed by atoms with van der Waals surface area (Å²) in [6.07, 6.45) is 18.4. The zero-order valence-corrected chi connectivity index (χ0v) is 24.3. The number of fused-ring (bicyclic) bond motifs is 1. The first-order chi connectivity index (χ1) is 18.2. The molecule has 7 atom stereocenters. The van der Waals surface area contributed by atoms with Crippen molar-refractivity contribution in [3.05, 3.63) is 63.7 Å². The van der Waals surface area contributed by atoms with E-state index in [4.69, 9.17) is 4.98 Å². The van der Waals surface area contributed by atoms with Crippen molar-refractivity contribution in [3.63, 3.8) is 0 Å². The quantitative estimate of drug-likeness (QED) is 0.318. The van der Waals surface area contributed by atoms with Gasteiger partial charge in [-0.3, -0.25) is 0 Å². The Labute approximate surface area is 233 Å². The Morgan fingerprint density at radius 1 is 1.18 bits per heavy atom. The van der Waals surface area contributed by atoms with E-state index in [0.29, 0.717) is 30.6 Å². The van der Waals surface area contributed by atoms with Gasteiger partial charge in [-0.05, 0) is 92.1 Å². The van der Waals surface area contributed by atoms with Gasteiger partial charge in [-0.15, -0.1) is 11.3 Å². The molecule has 0 aromatic carbocycles. The van der Waals surface area contributed by atoms with E-state index >= 15 is 0 Å². The molecule has 4 aliphatic carbocycles. The summed E-state index contributed by atoms with van der Waals surface area (Å²) in [5.41, 5.74) is 4.56. The molecule has 0 aliphatic heterocycles. The number of rotatable bonds is 8. The monoisotopic (exact) mass is 537 g/mol. The van der Waals surface area contributed by atoms with Crippen molar-refractivity contribution < 1.29 is 15.3 Å². The van der Waals surface area contributed by atoms with Crippen LogP contribution >= 0.6 is 11.3 Å². The highest BCUT2D eigenvalue weighted by molar-refractivity contribution is 7.09. The molecule has 3 N–H and O–H groups in total. The predicted molar refractivity (Wildman–Crippen MR) is 156 cm³/mol. The summed E-state index contributed by atoms with van der Waals surface area (Å²) in [5, 5.41) is 34.9. The number of hydrogen-bond donors (Lipinski definition) is 3. The van der Waals surface area contributed by atoms with Gasteiger partial charge < -0.3 is 15.3 Å². The molecule has 0 bridgehead atoms. The van der Waals surface area contributed by atoms with Gasteiger partial charge >= 0.3 is 0 Å². The number of aliphatic hydroxyl groups is 3. The molecule has 1 aromatic rings. The van der Waals surface area contributed by atoms with E-state index in [0.717, 1.165) is 48.3 Å². The van der Waals surface area contributed by atoms with Crippen molar-refractivity contribution >= 4 is 11.3 Å². The van der Waals surface area contributed by atoms with Crippen LogP contribution in [0, 0.1) is 23.2 Å². The van der Waals surface area contributed by atoms with Crippen LogP contribution in [0.3, 0.4) is 0 Å². The van der Waals surface area contributed by atoms with Crippen LogP contribution < -0.4 is 0 Å². The molecule has 5 rings (SSSR count). The zero-order chi connectivity index (χ0) is 27.1. The molecule has 4 nitrogen and oxygen atoms in total. The molecule has 5 heteroatoms. The maximum absolute atomic E-state index is 11.2. The van der Waals surface area contributed by atoms with Crippen LogP contribution in [0.15, 0.2) is 53.0 Å². The fourth-order valence-electron chi connectivity index (χ4n) is 7.88. The highest BCUT2D eigenvalue weighted by Gasteiger charge is 2.53. The lowest BCUT2D eigenvalue weighted by atomic mass is 9.61. The van der Waals surface area contributed by atoms with Crippen molar-refractivity contribution in [2.75, 3.05) is 0 Å². The fraction of sp³-hybridized carbons (Fsp3) is 0.667. The Morgan fingerprint density at radius 2 is 1.97 bits per heavy atom. The average Bonchev–Trinajstić information content (AvgIpc) is 3.42. The van der Waals surface area contributed by atoms with E-state index in [-0.39, 0.29) is 10.8 Å². The second-order valence-electron chi connectivity index (χ2n) is 12.9. The van der Waals surface area contributed by atoms with Crippen LogP contribution in [0.25, 0.3) is 0 Å². The Morgan fingerprint density at radius 3 is 2.71 bits per heavy atom. The molecule has 4 aliphatic rings. The van der Waals surface area contributed by atoms with Crippen LogP contribution in [0.2, 0.25) is 0 Å². The number of aliphatic hydroxyl groups excluding tert-OH is 3. The molecule has 1 aromatic heterocycles. The van der Waals surface area contributed by atoms with Crippen LogP contribution in [-0.2, 0) is 11.8 Å². The van der Waals surface area contributed by atoms with E-state index in [1.807, 2.05) is 0 Å². The molecule has 0 radical (unpaired) electrons. The molecule has 4 fully saturated rings. The second kappa shape index (κ2) is 11.2. The molecule has 208 valence electrons. The van der Waals surface area contributed by atoms with Crippen LogP contribution in [0.5, 0.6) is 0 Å². The maximum atomic E-state index is 11.2. The molecule has 0 unspecified atom stereocenters. The average molecular weight is 538 g/mol. The largest absolute Gasteiger partial charge is 0.393 e. The Balaban J connectivity index is 1.27. The third kappa shape index (κ3) is 5.29. The normalized spacial score (nSPS) is 36.6. The van der Waals surface area contributed by atoms with Crippen molar-refractivity contribution in [1.82, 2.24) is 4.98 Å². The van der Waals surface area contributed by atoms with Crippen molar-refractivity contribution in [2.45, 2.75) is 115 Å². The predicted octanol–water partition coefficient (Wildman–Crippen LogP) is 6.82. The summed E-state index contributed by atoms with van der Waals surface area (Å²) in [5.74, 6) is 1.60. The smallest absolute Gasteiger partial charge is 0.102 e. The van der Waals surface area contributed by atoms with Crippen molar-refractivity contribution in [3.8, 4) is 0 Å². The highest BCUT2D eigenvalue weighted by atomic mass is 32.1. The molecule has 0 saturated heterocycles. The lowest BCUT2D eigenvalue weighted by molar-refractivity contribution is 0.0862. The minimum Gasteiger partial charge on any atom is -0.393 e. The minimum absolute atomic E-state index is 0.159. The van der Waals surface area contributed by atoms with Gasteiger partial charge in [0, 0.05) is 11.8 Å². The van der Waals surface area contributed by atoms with Gasteiger partial charge in [0.2, 0.25) is 0 Å².